The van der Waals surface area contributed by atoms with E-state index in [1.54, 1.807) is 24.3 Å². The molecule has 158 valence electrons. The summed E-state index contributed by atoms with van der Waals surface area (Å²) < 4.78 is 0. The monoisotopic (exact) mass is 448 g/mol. The van der Waals surface area contributed by atoms with Crippen molar-refractivity contribution in [1.29, 1.82) is 0 Å². The molecule has 2 rings (SSSR count). The summed E-state index contributed by atoms with van der Waals surface area (Å²) >= 11 is 11.9. The second kappa shape index (κ2) is 11.8. The number of hydrazone groups is 2. The van der Waals surface area contributed by atoms with Gasteiger partial charge in [-0.25, -0.2) is 20.4 Å². The van der Waals surface area contributed by atoms with Gasteiger partial charge in [0.1, 0.15) is 0 Å². The van der Waals surface area contributed by atoms with Crippen molar-refractivity contribution < 1.29 is 9.59 Å². The Hall–Kier alpha value is -3.10. The Morgan fingerprint density at radius 1 is 0.700 bits per heavy atom. The van der Waals surface area contributed by atoms with E-state index in [0.717, 1.165) is 24.0 Å². The number of carbonyl (C=O) groups is 2. The summed E-state index contributed by atoms with van der Waals surface area (Å²) in [4.78, 5) is 22.1. The predicted molar refractivity (Wildman–Crippen MR) is 120 cm³/mol. The minimum Gasteiger partial charge on any atom is -0.350 e. The maximum Gasteiger partial charge on any atom is 0.332 e. The number of unbranched alkanes of at least 4 members (excludes halogenated alkanes) is 1. The third-order valence-electron chi connectivity index (χ3n) is 4.03. The predicted octanol–water partition coefficient (Wildman–Crippen LogP) is 4.00. The third-order valence-corrected chi connectivity index (χ3v) is 4.54. The van der Waals surface area contributed by atoms with Crippen LogP contribution < -0.4 is 22.3 Å². The molecule has 0 radical (unpaired) electrons. The molecular formula is C20H22Cl2N6O2. The summed E-state index contributed by atoms with van der Waals surface area (Å²) in [5, 5.41) is 9.40. The van der Waals surface area contributed by atoms with Crippen LogP contribution in [0, 0.1) is 0 Å². The molecule has 2 aromatic rings. The van der Waals surface area contributed by atoms with Gasteiger partial charge in [-0.1, -0.05) is 47.5 Å². The van der Waals surface area contributed by atoms with E-state index < -0.39 is 12.1 Å². The van der Waals surface area contributed by atoms with Gasteiger partial charge in [0.2, 0.25) is 0 Å². The molecule has 0 heterocycles. The number of primary amides is 2. The summed E-state index contributed by atoms with van der Waals surface area (Å²) in [5.41, 5.74) is 17.8. The minimum absolute atomic E-state index is 0.582. The summed E-state index contributed by atoms with van der Waals surface area (Å²) in [5.74, 6) is 0. The number of nitrogens with zero attached hydrogens (tertiary/aromatic N) is 2. The molecule has 0 aliphatic heterocycles. The van der Waals surface area contributed by atoms with Gasteiger partial charge in [-0.3, -0.25) is 0 Å². The molecule has 8 nitrogen and oxygen atoms in total. The van der Waals surface area contributed by atoms with Crippen LogP contribution >= 0.6 is 23.2 Å². The van der Waals surface area contributed by atoms with Crippen molar-refractivity contribution >= 4 is 46.7 Å². The number of nitrogens with one attached hydrogen (secondary N) is 2. The zero-order chi connectivity index (χ0) is 21.9. The molecular weight excluding hydrogens is 427 g/mol. The highest BCUT2D eigenvalue weighted by Crippen LogP contribution is 2.16. The number of rotatable bonds is 9. The van der Waals surface area contributed by atoms with Gasteiger partial charge in [0.05, 0.1) is 11.4 Å². The molecule has 10 heteroatoms. The molecule has 0 bridgehead atoms. The summed E-state index contributed by atoms with van der Waals surface area (Å²) in [6.07, 6.45) is 2.65. The molecule has 0 atom stereocenters. The Bertz CT molecular complexity index is 850. The van der Waals surface area contributed by atoms with Gasteiger partial charge >= 0.3 is 12.1 Å². The molecule has 0 spiro atoms. The van der Waals surface area contributed by atoms with E-state index in [0.29, 0.717) is 34.3 Å². The topological polar surface area (TPSA) is 135 Å². The van der Waals surface area contributed by atoms with E-state index in [1.807, 2.05) is 24.3 Å². The van der Waals surface area contributed by atoms with Gasteiger partial charge in [0.15, 0.2) is 0 Å². The van der Waals surface area contributed by atoms with E-state index in [9.17, 15) is 9.59 Å². The first-order valence-corrected chi connectivity index (χ1v) is 9.86. The summed E-state index contributed by atoms with van der Waals surface area (Å²) in [7, 11) is 0. The quantitative estimate of drug-likeness (QED) is 0.262. The smallest absolute Gasteiger partial charge is 0.332 e. The normalized spacial score (nSPS) is 11.8. The van der Waals surface area contributed by atoms with E-state index in [2.05, 4.69) is 21.1 Å². The number of halogens is 2. The summed E-state index contributed by atoms with van der Waals surface area (Å²) in [6, 6.07) is 12.8. The van der Waals surface area contributed by atoms with Crippen molar-refractivity contribution in [2.45, 2.75) is 25.7 Å². The van der Waals surface area contributed by atoms with Crippen LogP contribution in [-0.2, 0) is 0 Å². The van der Waals surface area contributed by atoms with Crippen LogP contribution in [0.1, 0.15) is 36.8 Å². The molecule has 0 aliphatic rings. The first-order valence-electron chi connectivity index (χ1n) is 9.11. The molecule has 0 aromatic heterocycles. The second-order valence-corrected chi connectivity index (χ2v) is 7.16. The first kappa shape index (κ1) is 23.2. The van der Waals surface area contributed by atoms with Crippen molar-refractivity contribution in [2.75, 3.05) is 0 Å². The Labute approximate surface area is 184 Å². The fraction of sp³-hybridized carbons (Fsp3) is 0.200. The molecule has 0 aliphatic carbocycles. The number of amides is 4. The third kappa shape index (κ3) is 8.10. The molecule has 2 aromatic carbocycles. The highest BCUT2D eigenvalue weighted by molar-refractivity contribution is 6.31. The average Bonchev–Trinajstić information content (AvgIpc) is 2.71. The van der Waals surface area contributed by atoms with E-state index >= 15 is 0 Å². The zero-order valence-electron chi connectivity index (χ0n) is 16.1. The number of benzene rings is 2. The van der Waals surface area contributed by atoms with Crippen molar-refractivity contribution in [2.24, 2.45) is 21.7 Å². The standard InChI is InChI=1S/C20H22Cl2N6O2/c21-15-9-5-13(6-10-15)17(25-27-19(23)29)3-1-2-4-18(26-28-20(24)30)14-7-11-16(22)12-8-14/h5-12H,1-4H2,(H3,23,27,29)(H3,24,28,30)/b25-17+,26-18+. The van der Waals surface area contributed by atoms with Gasteiger partial charge in [0.25, 0.3) is 0 Å². The number of hydrogen-bond donors (Lipinski definition) is 4. The molecule has 30 heavy (non-hydrogen) atoms. The molecule has 0 fully saturated rings. The maximum absolute atomic E-state index is 11.0. The number of nitrogens with two attached hydrogens (primary N) is 2. The lowest BCUT2D eigenvalue weighted by atomic mass is 10.0. The minimum atomic E-state index is -0.740. The van der Waals surface area contributed by atoms with E-state index in [1.165, 1.54) is 0 Å². The number of urea groups is 2. The lowest BCUT2D eigenvalue weighted by Crippen LogP contribution is -2.26. The van der Waals surface area contributed by atoms with Crippen LogP contribution in [0.5, 0.6) is 0 Å². The van der Waals surface area contributed by atoms with Crippen molar-refractivity contribution in [3.8, 4) is 0 Å². The SMILES string of the molecule is NC(=O)N/N=C(\CCCC/C(=N\NC(N)=O)c1ccc(Cl)cc1)c1ccc(Cl)cc1. The Morgan fingerprint density at radius 2 is 1.03 bits per heavy atom. The van der Waals surface area contributed by atoms with Crippen LogP contribution in [0.15, 0.2) is 58.7 Å². The number of carbonyl (C=O) groups excluding carboxylic acids is 2. The summed E-state index contributed by atoms with van der Waals surface area (Å²) in [6.45, 7) is 0. The van der Waals surface area contributed by atoms with Crippen molar-refractivity contribution in [1.82, 2.24) is 10.9 Å². The van der Waals surface area contributed by atoms with Crippen molar-refractivity contribution in [3.63, 3.8) is 0 Å². The lowest BCUT2D eigenvalue weighted by molar-refractivity contribution is 0.248. The van der Waals surface area contributed by atoms with Gasteiger partial charge in [-0.05, 0) is 61.1 Å². The fourth-order valence-corrected chi connectivity index (χ4v) is 2.90. The zero-order valence-corrected chi connectivity index (χ0v) is 17.6. The van der Waals surface area contributed by atoms with Gasteiger partial charge in [0, 0.05) is 10.0 Å². The first-order chi connectivity index (χ1) is 14.3. The molecule has 0 saturated carbocycles. The Kier molecular flexibility index (Phi) is 9.11. The highest BCUT2D eigenvalue weighted by Gasteiger charge is 2.08. The van der Waals surface area contributed by atoms with E-state index in [-0.39, 0.29) is 0 Å². The molecule has 4 amide bonds. The lowest BCUT2D eigenvalue weighted by Gasteiger charge is -2.09. The van der Waals surface area contributed by atoms with Crippen molar-refractivity contribution in [3.05, 3.63) is 69.7 Å². The van der Waals surface area contributed by atoms with Crippen LogP contribution in [0.25, 0.3) is 0 Å². The van der Waals surface area contributed by atoms with Gasteiger partial charge < -0.3 is 11.5 Å². The second-order valence-electron chi connectivity index (χ2n) is 6.29. The largest absolute Gasteiger partial charge is 0.350 e. The van der Waals surface area contributed by atoms with Crippen LogP contribution in [-0.4, -0.2) is 23.5 Å². The maximum atomic E-state index is 11.0. The van der Waals surface area contributed by atoms with Gasteiger partial charge in [-0.15, -0.1) is 0 Å². The van der Waals surface area contributed by atoms with Crippen LogP contribution in [0.3, 0.4) is 0 Å². The fourth-order valence-electron chi connectivity index (χ4n) is 2.64. The van der Waals surface area contributed by atoms with Crippen LogP contribution in [0.4, 0.5) is 9.59 Å². The Balaban J connectivity index is 2.04. The molecule has 6 N–H and O–H groups in total. The molecule has 0 unspecified atom stereocenters. The average molecular weight is 449 g/mol. The van der Waals surface area contributed by atoms with E-state index in [4.69, 9.17) is 34.7 Å². The molecule has 0 saturated heterocycles. The Morgan fingerprint density at radius 3 is 1.33 bits per heavy atom. The highest BCUT2D eigenvalue weighted by atomic mass is 35.5. The number of hydrogen-bond acceptors (Lipinski definition) is 4. The van der Waals surface area contributed by atoms with Crippen LogP contribution in [0.2, 0.25) is 10.0 Å². The van der Waals surface area contributed by atoms with Gasteiger partial charge in [-0.2, -0.15) is 10.2 Å².